The molecule has 2 N–H and O–H groups in total. The van der Waals surface area contributed by atoms with Crippen LogP contribution in [-0.4, -0.2) is 21.7 Å². The molecular formula is C15H22N4. The van der Waals surface area contributed by atoms with Crippen LogP contribution in [0.15, 0.2) is 24.3 Å². The molecule has 0 aliphatic rings. The molecule has 0 saturated heterocycles. The minimum absolute atomic E-state index is 0.757. The zero-order chi connectivity index (χ0) is 13.5. The summed E-state index contributed by atoms with van der Waals surface area (Å²) in [5, 5.41) is 10.5. The highest BCUT2D eigenvalue weighted by Gasteiger charge is 2.03. The molecule has 0 spiro atoms. The normalized spacial score (nSPS) is 10.6. The molecule has 1 heterocycles. The molecule has 0 radical (unpaired) electrons. The summed E-state index contributed by atoms with van der Waals surface area (Å²) < 4.78 is 0. The molecule has 19 heavy (non-hydrogen) atoms. The minimum Gasteiger partial charge on any atom is -0.385 e. The highest BCUT2D eigenvalue weighted by atomic mass is 15.2. The molecule has 102 valence electrons. The first-order valence-electron chi connectivity index (χ1n) is 7.03. The van der Waals surface area contributed by atoms with E-state index >= 15 is 0 Å². The zero-order valence-corrected chi connectivity index (χ0v) is 11.7. The van der Waals surface area contributed by atoms with Crippen molar-refractivity contribution in [3.05, 3.63) is 30.1 Å². The van der Waals surface area contributed by atoms with Gasteiger partial charge in [-0.15, -0.1) is 0 Å². The molecule has 2 aromatic rings. The Morgan fingerprint density at radius 1 is 1.21 bits per heavy atom. The summed E-state index contributed by atoms with van der Waals surface area (Å²) in [5.74, 6) is 1.60. The average molecular weight is 258 g/mol. The second-order valence-electron chi connectivity index (χ2n) is 4.81. The van der Waals surface area contributed by atoms with Gasteiger partial charge in [-0.2, -0.15) is 5.10 Å². The van der Waals surface area contributed by atoms with E-state index < -0.39 is 0 Å². The molecule has 0 fully saturated rings. The molecule has 1 aromatic heterocycles. The van der Waals surface area contributed by atoms with Crippen molar-refractivity contribution < 1.29 is 0 Å². The summed E-state index contributed by atoms with van der Waals surface area (Å²) in [7, 11) is 0. The maximum Gasteiger partial charge on any atom is 0.181 e. The molecule has 4 nitrogen and oxygen atoms in total. The number of H-pyrrole nitrogens is 1. The van der Waals surface area contributed by atoms with Crippen molar-refractivity contribution in [1.82, 2.24) is 15.2 Å². The van der Waals surface area contributed by atoms with Crippen LogP contribution in [0.25, 0.3) is 11.4 Å². The van der Waals surface area contributed by atoms with Gasteiger partial charge in [0.15, 0.2) is 5.82 Å². The number of nitrogens with zero attached hydrogens (tertiary/aromatic N) is 2. The van der Waals surface area contributed by atoms with Gasteiger partial charge >= 0.3 is 0 Å². The first kappa shape index (κ1) is 13.6. The summed E-state index contributed by atoms with van der Waals surface area (Å²) >= 11 is 0. The number of aromatic amines is 1. The lowest BCUT2D eigenvalue weighted by molar-refractivity contribution is 0.685. The van der Waals surface area contributed by atoms with Crippen molar-refractivity contribution >= 4 is 5.69 Å². The number of benzene rings is 1. The standard InChI is InChI=1S/C15H22N4/c1-3-4-5-6-10-16-14-9-7-8-13(11-14)15-17-12(2)18-19-15/h7-9,11,16H,3-6,10H2,1-2H3,(H,17,18,19). The second-order valence-corrected chi connectivity index (χ2v) is 4.81. The SMILES string of the molecule is CCCCCCNc1cccc(-c2n[nH]c(C)n2)c1. The summed E-state index contributed by atoms with van der Waals surface area (Å²) in [6, 6.07) is 8.26. The fourth-order valence-corrected chi connectivity index (χ4v) is 2.02. The number of anilines is 1. The van der Waals surface area contributed by atoms with Crippen molar-refractivity contribution in [2.75, 3.05) is 11.9 Å². The molecule has 0 aliphatic carbocycles. The molecule has 0 saturated carbocycles. The van der Waals surface area contributed by atoms with Crippen molar-refractivity contribution in [2.45, 2.75) is 39.5 Å². The molecule has 1 aromatic carbocycles. The summed E-state index contributed by atoms with van der Waals surface area (Å²) in [6.45, 7) is 5.17. The maximum atomic E-state index is 4.35. The number of rotatable bonds is 7. The molecule has 0 bridgehead atoms. The third kappa shape index (κ3) is 4.09. The minimum atomic E-state index is 0.757. The Labute approximate surface area is 114 Å². The Morgan fingerprint density at radius 3 is 2.84 bits per heavy atom. The van der Waals surface area contributed by atoms with E-state index in [1.807, 2.05) is 19.1 Å². The van der Waals surface area contributed by atoms with Gasteiger partial charge in [-0.1, -0.05) is 38.3 Å². The maximum absolute atomic E-state index is 4.35. The van der Waals surface area contributed by atoms with Gasteiger partial charge < -0.3 is 5.32 Å². The lowest BCUT2D eigenvalue weighted by Gasteiger charge is -2.07. The monoisotopic (exact) mass is 258 g/mol. The van der Waals surface area contributed by atoms with Crippen LogP contribution in [0.1, 0.15) is 38.4 Å². The molecule has 4 heteroatoms. The van der Waals surface area contributed by atoms with Gasteiger partial charge in [0.1, 0.15) is 5.82 Å². The molecule has 2 rings (SSSR count). The molecule has 0 amide bonds. The predicted molar refractivity (Wildman–Crippen MR) is 79.2 cm³/mol. The highest BCUT2D eigenvalue weighted by molar-refractivity contribution is 5.62. The van der Waals surface area contributed by atoms with Crippen LogP contribution in [0.2, 0.25) is 0 Å². The van der Waals surface area contributed by atoms with Gasteiger partial charge in [0, 0.05) is 17.8 Å². The summed E-state index contributed by atoms with van der Waals surface area (Å²) in [5.41, 5.74) is 2.18. The number of aromatic nitrogens is 3. The second kappa shape index (κ2) is 6.92. The Morgan fingerprint density at radius 2 is 2.11 bits per heavy atom. The predicted octanol–water partition coefficient (Wildman–Crippen LogP) is 3.77. The lowest BCUT2D eigenvalue weighted by atomic mass is 10.1. The van der Waals surface area contributed by atoms with Crippen LogP contribution >= 0.6 is 0 Å². The Balaban J connectivity index is 1.92. The third-order valence-electron chi connectivity index (χ3n) is 3.08. The topological polar surface area (TPSA) is 53.6 Å². The number of hydrogen-bond acceptors (Lipinski definition) is 3. The van der Waals surface area contributed by atoms with E-state index in [2.05, 4.69) is 39.6 Å². The van der Waals surface area contributed by atoms with E-state index in [0.29, 0.717) is 0 Å². The quantitative estimate of drug-likeness (QED) is 0.743. The van der Waals surface area contributed by atoms with Crippen LogP contribution in [-0.2, 0) is 0 Å². The fraction of sp³-hybridized carbons (Fsp3) is 0.467. The number of unbranched alkanes of at least 4 members (excludes halogenated alkanes) is 3. The average Bonchev–Trinajstić information content (AvgIpc) is 2.86. The Kier molecular flexibility index (Phi) is 4.95. The Bertz CT molecular complexity index is 504. The summed E-state index contributed by atoms with van der Waals surface area (Å²) in [6.07, 6.45) is 5.11. The van der Waals surface area contributed by atoms with E-state index in [4.69, 9.17) is 0 Å². The molecular weight excluding hydrogens is 236 g/mol. The van der Waals surface area contributed by atoms with Crippen molar-refractivity contribution in [2.24, 2.45) is 0 Å². The van der Waals surface area contributed by atoms with Crippen LogP contribution in [0.4, 0.5) is 5.69 Å². The lowest BCUT2D eigenvalue weighted by Crippen LogP contribution is -2.01. The van der Waals surface area contributed by atoms with Crippen LogP contribution < -0.4 is 5.32 Å². The van der Waals surface area contributed by atoms with Gasteiger partial charge in [-0.05, 0) is 25.5 Å². The number of hydrogen-bond donors (Lipinski definition) is 2. The van der Waals surface area contributed by atoms with Crippen LogP contribution in [0, 0.1) is 6.92 Å². The van der Waals surface area contributed by atoms with Gasteiger partial charge in [0.05, 0.1) is 0 Å². The zero-order valence-electron chi connectivity index (χ0n) is 11.7. The summed E-state index contributed by atoms with van der Waals surface area (Å²) in [4.78, 5) is 4.35. The van der Waals surface area contributed by atoms with Gasteiger partial charge in [-0.3, -0.25) is 5.10 Å². The van der Waals surface area contributed by atoms with Crippen molar-refractivity contribution in [3.63, 3.8) is 0 Å². The number of aryl methyl sites for hydroxylation is 1. The largest absolute Gasteiger partial charge is 0.385 e. The molecule has 0 unspecified atom stereocenters. The Hall–Kier alpha value is -1.84. The van der Waals surface area contributed by atoms with Gasteiger partial charge in [0.2, 0.25) is 0 Å². The first-order valence-corrected chi connectivity index (χ1v) is 7.03. The third-order valence-corrected chi connectivity index (χ3v) is 3.08. The van der Waals surface area contributed by atoms with Crippen LogP contribution in [0.5, 0.6) is 0 Å². The van der Waals surface area contributed by atoms with E-state index in [-0.39, 0.29) is 0 Å². The van der Waals surface area contributed by atoms with Crippen molar-refractivity contribution in [3.8, 4) is 11.4 Å². The van der Waals surface area contributed by atoms with Gasteiger partial charge in [0.25, 0.3) is 0 Å². The van der Waals surface area contributed by atoms with E-state index in [1.165, 1.54) is 25.7 Å². The van der Waals surface area contributed by atoms with Crippen LogP contribution in [0.3, 0.4) is 0 Å². The van der Waals surface area contributed by atoms with E-state index in [9.17, 15) is 0 Å². The smallest absolute Gasteiger partial charge is 0.181 e. The van der Waals surface area contributed by atoms with E-state index in [1.54, 1.807) is 0 Å². The highest BCUT2D eigenvalue weighted by Crippen LogP contribution is 2.19. The number of nitrogens with one attached hydrogen (secondary N) is 2. The van der Waals surface area contributed by atoms with Gasteiger partial charge in [-0.25, -0.2) is 4.98 Å². The first-order chi connectivity index (χ1) is 9.29. The molecule has 0 aliphatic heterocycles. The van der Waals surface area contributed by atoms with Crippen molar-refractivity contribution in [1.29, 1.82) is 0 Å². The van der Waals surface area contributed by atoms with E-state index in [0.717, 1.165) is 29.4 Å². The fourth-order valence-electron chi connectivity index (χ4n) is 2.02. The molecule has 0 atom stereocenters.